The van der Waals surface area contributed by atoms with Crippen molar-refractivity contribution in [3.8, 4) is 0 Å². The molecule has 0 saturated heterocycles. The number of nitrogens with one attached hydrogen (secondary N) is 1. The zero-order valence-electron chi connectivity index (χ0n) is 9.62. The predicted octanol–water partition coefficient (Wildman–Crippen LogP) is 1.87. The second-order valence-corrected chi connectivity index (χ2v) is 3.89. The lowest BCUT2D eigenvalue weighted by molar-refractivity contribution is -0.121. The van der Waals surface area contributed by atoms with E-state index in [2.05, 4.69) is 24.5 Å². The number of aromatic nitrogens is 1. The molecule has 0 saturated carbocycles. The van der Waals surface area contributed by atoms with Crippen molar-refractivity contribution in [3.63, 3.8) is 0 Å². The molecule has 0 aliphatic carbocycles. The van der Waals surface area contributed by atoms with Crippen LogP contribution in [0.2, 0.25) is 0 Å². The fraction of sp³-hybridized carbons (Fsp3) is 0.583. The number of aryl methyl sites for hydroxylation is 1. The van der Waals surface area contributed by atoms with Gasteiger partial charge in [0.2, 0.25) is 5.91 Å². The van der Waals surface area contributed by atoms with Crippen LogP contribution in [0.4, 0.5) is 0 Å². The Morgan fingerprint density at radius 1 is 1.53 bits per heavy atom. The number of carbonyl (C=O) groups excluding carboxylic acids is 1. The summed E-state index contributed by atoms with van der Waals surface area (Å²) in [6.07, 6.45) is 7.74. The average Bonchev–Trinajstić information content (AvgIpc) is 2.61. The Morgan fingerprint density at radius 2 is 2.33 bits per heavy atom. The first kappa shape index (κ1) is 11.8. The SMILES string of the molecule is CCCCC(=O)NCCc1ccn(C)c1. The Hall–Kier alpha value is -1.25. The third-order valence-corrected chi connectivity index (χ3v) is 2.39. The number of unbranched alkanes of at least 4 members (excludes halogenated alkanes) is 1. The van der Waals surface area contributed by atoms with Crippen LogP contribution in [-0.2, 0) is 18.3 Å². The molecule has 0 aliphatic rings. The maximum atomic E-state index is 11.3. The Kier molecular flexibility index (Phi) is 4.95. The van der Waals surface area contributed by atoms with Crippen LogP contribution in [0, 0.1) is 0 Å². The van der Waals surface area contributed by atoms with E-state index in [1.165, 1.54) is 5.56 Å². The minimum absolute atomic E-state index is 0.174. The number of hydrogen-bond acceptors (Lipinski definition) is 1. The molecule has 0 fully saturated rings. The van der Waals surface area contributed by atoms with Crippen LogP contribution in [0.3, 0.4) is 0 Å². The summed E-state index contributed by atoms with van der Waals surface area (Å²) < 4.78 is 2.02. The minimum atomic E-state index is 0.174. The van der Waals surface area contributed by atoms with Crippen molar-refractivity contribution in [2.45, 2.75) is 32.6 Å². The summed E-state index contributed by atoms with van der Waals surface area (Å²) in [6.45, 7) is 2.84. The highest BCUT2D eigenvalue weighted by Gasteiger charge is 2.00. The van der Waals surface area contributed by atoms with Crippen molar-refractivity contribution in [2.24, 2.45) is 7.05 Å². The van der Waals surface area contributed by atoms with E-state index in [9.17, 15) is 4.79 Å². The van der Waals surface area contributed by atoms with Crippen molar-refractivity contribution in [3.05, 3.63) is 24.0 Å². The molecule has 1 N–H and O–H groups in total. The minimum Gasteiger partial charge on any atom is -0.357 e. The highest BCUT2D eigenvalue weighted by atomic mass is 16.1. The number of rotatable bonds is 6. The van der Waals surface area contributed by atoms with Gasteiger partial charge in [0, 0.05) is 32.4 Å². The van der Waals surface area contributed by atoms with Crippen molar-refractivity contribution in [1.82, 2.24) is 9.88 Å². The zero-order valence-corrected chi connectivity index (χ0v) is 9.62. The summed E-state index contributed by atoms with van der Waals surface area (Å²) in [7, 11) is 2.00. The molecule has 1 aromatic rings. The number of carbonyl (C=O) groups is 1. The number of amides is 1. The van der Waals surface area contributed by atoms with Crippen molar-refractivity contribution >= 4 is 5.91 Å². The van der Waals surface area contributed by atoms with Gasteiger partial charge in [0.1, 0.15) is 0 Å². The van der Waals surface area contributed by atoms with Gasteiger partial charge in [-0.15, -0.1) is 0 Å². The van der Waals surface area contributed by atoms with E-state index in [1.54, 1.807) is 0 Å². The largest absolute Gasteiger partial charge is 0.357 e. The maximum absolute atomic E-state index is 11.3. The average molecular weight is 208 g/mol. The van der Waals surface area contributed by atoms with Crippen molar-refractivity contribution < 1.29 is 4.79 Å². The van der Waals surface area contributed by atoms with Crippen LogP contribution in [-0.4, -0.2) is 17.0 Å². The van der Waals surface area contributed by atoms with Gasteiger partial charge >= 0.3 is 0 Å². The van der Waals surface area contributed by atoms with Crippen LogP contribution < -0.4 is 5.32 Å². The Morgan fingerprint density at radius 3 is 2.93 bits per heavy atom. The van der Waals surface area contributed by atoms with Gasteiger partial charge in [-0.05, 0) is 24.5 Å². The first-order chi connectivity index (χ1) is 7.22. The van der Waals surface area contributed by atoms with E-state index in [-0.39, 0.29) is 5.91 Å². The molecule has 0 spiro atoms. The van der Waals surface area contributed by atoms with Crippen LogP contribution >= 0.6 is 0 Å². The molecular formula is C12H20N2O. The molecule has 3 heteroatoms. The third kappa shape index (κ3) is 4.68. The summed E-state index contributed by atoms with van der Waals surface area (Å²) in [5, 5.41) is 2.93. The van der Waals surface area contributed by atoms with Gasteiger partial charge in [-0.3, -0.25) is 4.79 Å². The lowest BCUT2D eigenvalue weighted by Gasteiger charge is -2.03. The van der Waals surface area contributed by atoms with Crippen LogP contribution in [0.25, 0.3) is 0 Å². The van der Waals surface area contributed by atoms with E-state index >= 15 is 0 Å². The highest BCUT2D eigenvalue weighted by Crippen LogP contribution is 1.99. The molecule has 84 valence electrons. The smallest absolute Gasteiger partial charge is 0.220 e. The fourth-order valence-corrected chi connectivity index (χ4v) is 1.48. The third-order valence-electron chi connectivity index (χ3n) is 2.39. The summed E-state index contributed by atoms with van der Waals surface area (Å²) in [5.41, 5.74) is 1.27. The van der Waals surface area contributed by atoms with E-state index in [0.29, 0.717) is 6.42 Å². The molecule has 1 rings (SSSR count). The van der Waals surface area contributed by atoms with E-state index < -0.39 is 0 Å². The molecule has 0 radical (unpaired) electrons. The van der Waals surface area contributed by atoms with Crippen molar-refractivity contribution in [2.75, 3.05) is 6.54 Å². The monoisotopic (exact) mass is 208 g/mol. The topological polar surface area (TPSA) is 34.0 Å². The van der Waals surface area contributed by atoms with E-state index in [1.807, 2.05) is 17.8 Å². The van der Waals surface area contributed by atoms with Gasteiger partial charge in [-0.25, -0.2) is 0 Å². The molecule has 0 unspecified atom stereocenters. The van der Waals surface area contributed by atoms with Gasteiger partial charge in [0.15, 0.2) is 0 Å². The second kappa shape index (κ2) is 6.27. The van der Waals surface area contributed by atoms with E-state index in [4.69, 9.17) is 0 Å². The van der Waals surface area contributed by atoms with Gasteiger partial charge in [0.25, 0.3) is 0 Å². The standard InChI is InChI=1S/C12H20N2O/c1-3-4-5-12(15)13-8-6-11-7-9-14(2)10-11/h7,9-10H,3-6,8H2,1-2H3,(H,13,15). The number of nitrogens with zero attached hydrogens (tertiary/aromatic N) is 1. The van der Waals surface area contributed by atoms with Gasteiger partial charge in [-0.1, -0.05) is 13.3 Å². The highest BCUT2D eigenvalue weighted by molar-refractivity contribution is 5.75. The Balaban J connectivity index is 2.13. The molecule has 15 heavy (non-hydrogen) atoms. The molecule has 0 aromatic carbocycles. The quantitative estimate of drug-likeness (QED) is 0.761. The van der Waals surface area contributed by atoms with Crippen LogP contribution in [0.5, 0.6) is 0 Å². The molecule has 1 heterocycles. The van der Waals surface area contributed by atoms with E-state index in [0.717, 1.165) is 25.8 Å². The fourth-order valence-electron chi connectivity index (χ4n) is 1.48. The zero-order chi connectivity index (χ0) is 11.1. The summed E-state index contributed by atoms with van der Waals surface area (Å²) in [4.78, 5) is 11.3. The maximum Gasteiger partial charge on any atom is 0.220 e. The normalized spacial score (nSPS) is 10.3. The second-order valence-electron chi connectivity index (χ2n) is 3.89. The predicted molar refractivity (Wildman–Crippen MR) is 61.7 cm³/mol. The summed E-state index contributed by atoms with van der Waals surface area (Å²) >= 11 is 0. The van der Waals surface area contributed by atoms with Gasteiger partial charge < -0.3 is 9.88 Å². The Labute approximate surface area is 91.5 Å². The Bertz CT molecular complexity index is 304. The summed E-state index contributed by atoms with van der Waals surface area (Å²) in [6, 6.07) is 2.08. The van der Waals surface area contributed by atoms with Crippen LogP contribution in [0.1, 0.15) is 31.7 Å². The first-order valence-electron chi connectivity index (χ1n) is 5.60. The molecule has 0 atom stereocenters. The van der Waals surface area contributed by atoms with Crippen LogP contribution in [0.15, 0.2) is 18.5 Å². The van der Waals surface area contributed by atoms with Crippen molar-refractivity contribution in [1.29, 1.82) is 0 Å². The summed E-state index contributed by atoms with van der Waals surface area (Å²) in [5.74, 6) is 0.174. The molecule has 0 aliphatic heterocycles. The first-order valence-corrected chi connectivity index (χ1v) is 5.60. The van der Waals surface area contributed by atoms with Gasteiger partial charge in [-0.2, -0.15) is 0 Å². The molecule has 1 aromatic heterocycles. The lowest BCUT2D eigenvalue weighted by Crippen LogP contribution is -2.25. The van der Waals surface area contributed by atoms with Gasteiger partial charge in [0.05, 0.1) is 0 Å². The molecule has 1 amide bonds. The number of hydrogen-bond donors (Lipinski definition) is 1. The molecule has 3 nitrogen and oxygen atoms in total. The molecule has 0 bridgehead atoms. The molecular weight excluding hydrogens is 188 g/mol. The lowest BCUT2D eigenvalue weighted by atomic mass is 10.2.